The van der Waals surface area contributed by atoms with Gasteiger partial charge in [0.1, 0.15) is 5.75 Å². The van der Waals surface area contributed by atoms with E-state index in [1.54, 1.807) is 0 Å². The molecule has 2 atom stereocenters. The van der Waals surface area contributed by atoms with Crippen LogP contribution in [-0.4, -0.2) is 10.2 Å². The number of phenols is 1. The van der Waals surface area contributed by atoms with Crippen LogP contribution in [-0.2, 0) is 17.4 Å². The lowest BCUT2D eigenvalue weighted by molar-refractivity contribution is 0.127. The molecule has 0 saturated carbocycles. The number of rotatable bonds is 6. The number of benzene rings is 3. The minimum atomic E-state index is -0.714. The molecule has 3 aromatic rings. The van der Waals surface area contributed by atoms with Gasteiger partial charge in [-0.25, -0.2) is 0 Å². The van der Waals surface area contributed by atoms with E-state index in [1.165, 1.54) is 5.56 Å². The van der Waals surface area contributed by atoms with Crippen molar-refractivity contribution in [3.05, 3.63) is 101 Å². The van der Waals surface area contributed by atoms with Crippen LogP contribution < -0.4 is 5.32 Å². The number of hydrogen-bond donors (Lipinski definition) is 3. The van der Waals surface area contributed by atoms with E-state index in [9.17, 15) is 10.2 Å². The smallest absolute Gasteiger partial charge is 0.123 e. The summed E-state index contributed by atoms with van der Waals surface area (Å²) in [4.78, 5) is 0. The number of aliphatic hydroxyl groups is 1. The van der Waals surface area contributed by atoms with Gasteiger partial charge in [-0.2, -0.15) is 0 Å². The fraction of sp³-hybridized carbons (Fsp3) is 0.379. The lowest BCUT2D eigenvalue weighted by Crippen LogP contribution is -2.27. The molecule has 0 aliphatic carbocycles. The van der Waals surface area contributed by atoms with Crippen molar-refractivity contribution in [2.45, 2.75) is 71.1 Å². The average molecular weight is 432 g/mol. The first-order valence-corrected chi connectivity index (χ1v) is 11.4. The SMILES string of the molecule is CC(C)(C)c1cc(CN[C@H](c2ccccc2)[C@@H](O)c2ccccc2)c(O)c(C(C)(C)C)c1. The van der Waals surface area contributed by atoms with Gasteiger partial charge >= 0.3 is 0 Å². The topological polar surface area (TPSA) is 52.5 Å². The van der Waals surface area contributed by atoms with Crippen molar-refractivity contribution >= 4 is 0 Å². The normalized spacial score (nSPS) is 14.2. The van der Waals surface area contributed by atoms with Gasteiger partial charge in [0, 0.05) is 12.1 Å². The molecule has 3 heteroatoms. The third-order valence-corrected chi connectivity index (χ3v) is 5.99. The highest BCUT2D eigenvalue weighted by molar-refractivity contribution is 5.48. The number of nitrogens with one attached hydrogen (secondary N) is 1. The quantitative estimate of drug-likeness (QED) is 0.415. The molecule has 0 fully saturated rings. The molecular formula is C29H37NO2. The minimum absolute atomic E-state index is 0.0369. The van der Waals surface area contributed by atoms with Crippen LogP contribution in [0, 0.1) is 0 Å². The van der Waals surface area contributed by atoms with Crippen LogP contribution in [0.15, 0.2) is 72.8 Å². The Morgan fingerprint density at radius 2 is 1.28 bits per heavy atom. The van der Waals surface area contributed by atoms with E-state index >= 15 is 0 Å². The van der Waals surface area contributed by atoms with Crippen LogP contribution >= 0.6 is 0 Å². The minimum Gasteiger partial charge on any atom is -0.507 e. The second-order valence-corrected chi connectivity index (χ2v) is 10.7. The van der Waals surface area contributed by atoms with Gasteiger partial charge in [0.15, 0.2) is 0 Å². The molecule has 3 nitrogen and oxygen atoms in total. The van der Waals surface area contributed by atoms with Crippen LogP contribution in [0.25, 0.3) is 0 Å². The summed E-state index contributed by atoms with van der Waals surface area (Å²) in [6.45, 7) is 13.4. The molecule has 32 heavy (non-hydrogen) atoms. The molecule has 170 valence electrons. The molecule has 0 aliphatic heterocycles. The first kappa shape index (κ1) is 24.0. The van der Waals surface area contributed by atoms with Crippen LogP contribution in [0.4, 0.5) is 0 Å². The highest BCUT2D eigenvalue weighted by atomic mass is 16.3. The van der Waals surface area contributed by atoms with Gasteiger partial charge in [0.2, 0.25) is 0 Å². The summed E-state index contributed by atoms with van der Waals surface area (Å²) < 4.78 is 0. The third-order valence-electron chi connectivity index (χ3n) is 5.99. The summed E-state index contributed by atoms with van der Waals surface area (Å²) in [5, 5.41) is 25.9. The van der Waals surface area contributed by atoms with Crippen molar-refractivity contribution in [3.8, 4) is 5.75 Å². The Bertz CT molecular complexity index is 1010. The fourth-order valence-corrected chi connectivity index (χ4v) is 3.97. The largest absolute Gasteiger partial charge is 0.507 e. The molecule has 3 aromatic carbocycles. The van der Waals surface area contributed by atoms with Gasteiger partial charge < -0.3 is 15.5 Å². The first-order chi connectivity index (χ1) is 15.0. The van der Waals surface area contributed by atoms with Crippen molar-refractivity contribution in [2.24, 2.45) is 0 Å². The Kier molecular flexibility index (Phi) is 7.12. The Hall–Kier alpha value is -2.62. The monoisotopic (exact) mass is 431 g/mol. The maximum absolute atomic E-state index is 11.2. The van der Waals surface area contributed by atoms with Gasteiger partial charge in [-0.15, -0.1) is 0 Å². The van der Waals surface area contributed by atoms with Gasteiger partial charge in [-0.1, -0.05) is 114 Å². The molecule has 0 spiro atoms. The van der Waals surface area contributed by atoms with E-state index in [1.807, 2.05) is 60.7 Å². The third kappa shape index (κ3) is 5.59. The lowest BCUT2D eigenvalue weighted by Gasteiger charge is -2.29. The van der Waals surface area contributed by atoms with Crippen LogP contribution in [0.2, 0.25) is 0 Å². The van der Waals surface area contributed by atoms with Crippen molar-refractivity contribution in [1.29, 1.82) is 0 Å². The number of hydrogen-bond acceptors (Lipinski definition) is 3. The van der Waals surface area contributed by atoms with E-state index in [0.29, 0.717) is 12.3 Å². The number of phenolic OH excluding ortho intramolecular Hbond substituents is 1. The lowest BCUT2D eigenvalue weighted by atomic mass is 9.79. The summed E-state index contributed by atoms with van der Waals surface area (Å²) in [7, 11) is 0. The molecule has 0 radical (unpaired) electrons. The van der Waals surface area contributed by atoms with Crippen molar-refractivity contribution < 1.29 is 10.2 Å². The maximum Gasteiger partial charge on any atom is 0.123 e. The summed E-state index contributed by atoms with van der Waals surface area (Å²) in [6.07, 6.45) is -0.714. The Morgan fingerprint density at radius 1 is 0.750 bits per heavy atom. The van der Waals surface area contributed by atoms with E-state index in [-0.39, 0.29) is 16.9 Å². The molecule has 0 aliphatic rings. The van der Waals surface area contributed by atoms with Gasteiger partial charge in [-0.3, -0.25) is 0 Å². The molecule has 3 rings (SSSR count). The zero-order valence-electron chi connectivity index (χ0n) is 20.2. The van der Waals surface area contributed by atoms with Crippen molar-refractivity contribution in [1.82, 2.24) is 5.32 Å². The first-order valence-electron chi connectivity index (χ1n) is 11.4. The molecule has 0 heterocycles. The van der Waals surface area contributed by atoms with E-state index in [0.717, 1.165) is 22.3 Å². The van der Waals surface area contributed by atoms with Crippen molar-refractivity contribution in [2.75, 3.05) is 0 Å². The van der Waals surface area contributed by atoms with Gasteiger partial charge in [0.25, 0.3) is 0 Å². The van der Waals surface area contributed by atoms with Gasteiger partial charge in [0.05, 0.1) is 12.1 Å². The molecule has 0 aromatic heterocycles. The second kappa shape index (κ2) is 9.48. The Labute approximate surface area is 193 Å². The number of aromatic hydroxyl groups is 1. The van der Waals surface area contributed by atoms with E-state index in [4.69, 9.17) is 0 Å². The molecular weight excluding hydrogens is 394 g/mol. The zero-order valence-corrected chi connectivity index (χ0v) is 20.2. The molecule has 3 N–H and O–H groups in total. The predicted molar refractivity (Wildman–Crippen MR) is 133 cm³/mol. The molecule has 0 bridgehead atoms. The predicted octanol–water partition coefficient (Wildman–Crippen LogP) is 6.55. The maximum atomic E-state index is 11.2. The van der Waals surface area contributed by atoms with Gasteiger partial charge in [-0.05, 0) is 33.1 Å². The molecule has 0 unspecified atom stereocenters. The molecule has 0 saturated heterocycles. The van der Waals surface area contributed by atoms with Crippen LogP contribution in [0.1, 0.15) is 81.5 Å². The Balaban J connectivity index is 1.98. The van der Waals surface area contributed by atoms with Crippen LogP contribution in [0.3, 0.4) is 0 Å². The summed E-state index contributed by atoms with van der Waals surface area (Å²) >= 11 is 0. The van der Waals surface area contributed by atoms with Crippen molar-refractivity contribution in [3.63, 3.8) is 0 Å². The number of aliphatic hydroxyl groups excluding tert-OH is 1. The van der Waals surface area contributed by atoms with Crippen LogP contribution in [0.5, 0.6) is 5.75 Å². The zero-order chi connectivity index (χ0) is 23.5. The standard InChI is InChI=1S/C29H37NO2/c1-28(2,3)23-17-22(26(31)24(18-23)29(4,5)6)19-30-25(20-13-9-7-10-14-20)27(32)21-15-11-8-12-16-21/h7-18,25,27,30-32H,19H2,1-6H3/t25-,27+/m1/s1. The summed E-state index contributed by atoms with van der Waals surface area (Å²) in [5.41, 5.74) is 4.64. The fourth-order valence-electron chi connectivity index (χ4n) is 3.97. The highest BCUT2D eigenvalue weighted by Crippen LogP contribution is 2.38. The average Bonchev–Trinajstić information content (AvgIpc) is 2.74. The van der Waals surface area contributed by atoms with E-state index < -0.39 is 6.10 Å². The second-order valence-electron chi connectivity index (χ2n) is 10.7. The molecule has 0 amide bonds. The van der Waals surface area contributed by atoms with E-state index in [2.05, 4.69) is 59.0 Å². The summed E-state index contributed by atoms with van der Waals surface area (Å²) in [6, 6.07) is 23.6. The summed E-state index contributed by atoms with van der Waals surface area (Å²) in [5.74, 6) is 0.332. The highest BCUT2D eigenvalue weighted by Gasteiger charge is 2.27. The Morgan fingerprint density at radius 3 is 1.78 bits per heavy atom.